The summed E-state index contributed by atoms with van der Waals surface area (Å²) in [5.74, 6) is -6.75. The number of hydrogen-bond acceptors (Lipinski definition) is 20. The number of amides is 8. The van der Waals surface area contributed by atoms with Crippen molar-refractivity contribution in [2.45, 2.75) is 76.4 Å². The van der Waals surface area contributed by atoms with Crippen molar-refractivity contribution in [1.29, 1.82) is 0 Å². The number of hydrogen-bond donors (Lipinski definition) is 7. The molecule has 2 atom stereocenters. The van der Waals surface area contributed by atoms with Gasteiger partial charge in [-0.2, -0.15) is 0 Å². The highest BCUT2D eigenvalue weighted by molar-refractivity contribution is 6.01. The maximum atomic E-state index is 13.0. The zero-order valence-corrected chi connectivity index (χ0v) is 44.5. The van der Waals surface area contributed by atoms with E-state index in [-0.39, 0.29) is 169 Å². The number of hydroxylamine groups is 2. The van der Waals surface area contributed by atoms with E-state index < -0.39 is 71.9 Å². The van der Waals surface area contributed by atoms with Crippen molar-refractivity contribution in [2.75, 3.05) is 145 Å². The molecule has 0 spiro atoms. The van der Waals surface area contributed by atoms with Gasteiger partial charge in [-0.3, -0.25) is 62.8 Å². The van der Waals surface area contributed by atoms with E-state index in [1.165, 1.54) is 14.1 Å². The van der Waals surface area contributed by atoms with Crippen molar-refractivity contribution >= 4 is 71.5 Å². The number of rotatable bonds is 29. The molecule has 438 valence electrons. The lowest BCUT2D eigenvalue weighted by molar-refractivity contribution is -0.198. The minimum atomic E-state index is -1.06. The quantitative estimate of drug-likeness (QED) is 0.0225. The van der Waals surface area contributed by atoms with E-state index in [0.717, 1.165) is 9.80 Å². The molecule has 0 aromatic carbocycles. The Kier molecular flexibility index (Phi) is 30.2. The number of likely N-dealkylation sites (N-methyl/N-ethyl adjacent to an activating group) is 2. The van der Waals surface area contributed by atoms with E-state index in [4.69, 9.17) is 19.0 Å². The Morgan fingerprint density at radius 1 is 0.526 bits per heavy atom. The monoisotopic (exact) mass is 1110 g/mol. The van der Waals surface area contributed by atoms with E-state index in [2.05, 4.69) is 21.3 Å². The van der Waals surface area contributed by atoms with Gasteiger partial charge in [-0.1, -0.05) is 0 Å². The molecule has 0 aromatic heterocycles. The maximum Gasteiger partial charge on any atom is 0.410 e. The first-order valence-corrected chi connectivity index (χ1v) is 25.9. The predicted octanol–water partition coefficient (Wildman–Crippen LogP) is -2.89. The molecule has 1 aliphatic carbocycles. The van der Waals surface area contributed by atoms with Crippen molar-refractivity contribution in [1.82, 2.24) is 55.7 Å². The van der Waals surface area contributed by atoms with Gasteiger partial charge < -0.3 is 65.4 Å². The SMILES string of the molecule is CN(CC(=O)NCCCNC(=O)CCOCCC(=O)ON1C(=O)CCC1=O)C(=O)OC1/C=C/C(OC(=O)N(C)CC(=O)NCCCNC(=O)CN2CCN(CC(=O)O)CCN(CC(=O)O)CCN(CC(=O)O)CC2)CCCC1. The standard InChI is InChI=1S/C48H77N11O19/c1-53(29-38(61)50-16-5-15-49-37(60)13-27-75-28-14-46(72)78-59-41(64)11-12-42(59)65)47(73)76-35-7-3-4-8-36(10-9-35)77-48(74)54(2)30-39(62)51-17-6-18-52-40(63)31-55-19-21-56(32-43(66)67)23-25-58(34-45(70)71)26-24-57(22-20-55)33-44(68)69/h9-10,35-36H,3-8,11-34H2,1-2H3,(H,49,60)(H,50,61)(H,51,62)(H,52,63)(H,66,67)(H,68,69)(H,70,71)/b10-9+. The Bertz CT molecular complexity index is 2030. The van der Waals surface area contributed by atoms with Crippen molar-refractivity contribution in [3.05, 3.63) is 12.2 Å². The Morgan fingerprint density at radius 2 is 0.885 bits per heavy atom. The van der Waals surface area contributed by atoms with Crippen LogP contribution in [0.4, 0.5) is 9.59 Å². The third kappa shape index (κ3) is 28.4. The summed E-state index contributed by atoms with van der Waals surface area (Å²) in [5, 5.41) is 39.5. The van der Waals surface area contributed by atoms with E-state index in [0.29, 0.717) is 43.6 Å². The summed E-state index contributed by atoms with van der Waals surface area (Å²) in [6, 6.07) is 0. The summed E-state index contributed by atoms with van der Waals surface area (Å²) in [6.45, 7) is 1.30. The van der Waals surface area contributed by atoms with Gasteiger partial charge in [-0.25, -0.2) is 14.4 Å². The van der Waals surface area contributed by atoms with Crippen LogP contribution in [0.5, 0.6) is 0 Å². The second-order valence-electron chi connectivity index (χ2n) is 18.8. The smallest absolute Gasteiger partial charge is 0.410 e. The van der Waals surface area contributed by atoms with Crippen LogP contribution in [-0.4, -0.2) is 279 Å². The van der Waals surface area contributed by atoms with Gasteiger partial charge in [-0.15, -0.1) is 5.06 Å². The predicted molar refractivity (Wildman–Crippen MR) is 271 cm³/mol. The summed E-state index contributed by atoms with van der Waals surface area (Å²) in [5.41, 5.74) is 0. The number of ether oxygens (including phenoxy) is 3. The molecule has 78 heavy (non-hydrogen) atoms. The Labute approximate surface area is 451 Å². The van der Waals surface area contributed by atoms with Crippen LogP contribution in [0.3, 0.4) is 0 Å². The number of nitrogens with zero attached hydrogens (tertiary/aromatic N) is 7. The fourth-order valence-corrected chi connectivity index (χ4v) is 7.89. The third-order valence-corrected chi connectivity index (χ3v) is 12.1. The van der Waals surface area contributed by atoms with Crippen LogP contribution < -0.4 is 21.3 Å². The molecule has 2 heterocycles. The van der Waals surface area contributed by atoms with Gasteiger partial charge >= 0.3 is 36.1 Å². The van der Waals surface area contributed by atoms with E-state index >= 15 is 0 Å². The van der Waals surface area contributed by atoms with Crippen LogP contribution in [0.15, 0.2) is 12.2 Å². The van der Waals surface area contributed by atoms with Gasteiger partial charge in [0.2, 0.25) is 23.6 Å². The fourth-order valence-electron chi connectivity index (χ4n) is 7.89. The number of carboxylic acids is 3. The molecule has 3 rings (SSSR count). The van der Waals surface area contributed by atoms with Crippen molar-refractivity contribution in [3.8, 4) is 0 Å². The number of imide groups is 1. The molecular formula is C48H77N11O19. The summed E-state index contributed by atoms with van der Waals surface area (Å²) in [6.07, 6.45) is 3.14. The second kappa shape index (κ2) is 36.1. The summed E-state index contributed by atoms with van der Waals surface area (Å²) in [7, 11) is 2.80. The van der Waals surface area contributed by atoms with Crippen molar-refractivity contribution < 1.29 is 91.9 Å². The van der Waals surface area contributed by atoms with Gasteiger partial charge in [-0.05, 0) is 50.7 Å². The third-order valence-electron chi connectivity index (χ3n) is 12.1. The minimum absolute atomic E-state index is 0.00415. The number of aliphatic carboxylic acids is 3. The highest BCUT2D eigenvalue weighted by Crippen LogP contribution is 2.18. The largest absolute Gasteiger partial charge is 0.480 e. The van der Waals surface area contributed by atoms with Gasteiger partial charge in [0.05, 0.1) is 45.8 Å². The van der Waals surface area contributed by atoms with Crippen LogP contribution >= 0.6 is 0 Å². The van der Waals surface area contributed by atoms with Crippen LogP contribution in [0.25, 0.3) is 0 Å². The maximum absolute atomic E-state index is 13.0. The molecule has 2 unspecified atom stereocenters. The Balaban J connectivity index is 1.29. The van der Waals surface area contributed by atoms with Gasteiger partial charge in [0.15, 0.2) is 0 Å². The number of nitrogens with one attached hydrogen (secondary N) is 4. The minimum Gasteiger partial charge on any atom is -0.480 e. The fraction of sp³-hybridized carbons (Fsp3) is 0.708. The highest BCUT2D eigenvalue weighted by atomic mass is 16.7. The topological polar surface area (TPSA) is 373 Å². The average molecular weight is 1110 g/mol. The Hall–Kier alpha value is -7.02. The van der Waals surface area contributed by atoms with E-state index in [1.54, 1.807) is 31.8 Å². The number of carbonyl (C=O) groups excluding carboxylic acids is 9. The summed E-state index contributed by atoms with van der Waals surface area (Å²) < 4.78 is 16.5. The lowest BCUT2D eigenvalue weighted by Gasteiger charge is -2.32. The zero-order chi connectivity index (χ0) is 57.4. The molecule has 2 saturated heterocycles. The lowest BCUT2D eigenvalue weighted by atomic mass is 10.0. The molecule has 2 fully saturated rings. The average Bonchev–Trinajstić information content (AvgIpc) is 3.68. The molecule has 30 heteroatoms. The van der Waals surface area contributed by atoms with Gasteiger partial charge in [0.25, 0.3) is 11.8 Å². The lowest BCUT2D eigenvalue weighted by Crippen LogP contribution is -2.49. The zero-order valence-electron chi connectivity index (χ0n) is 44.5. The summed E-state index contributed by atoms with van der Waals surface area (Å²) in [4.78, 5) is 159. The summed E-state index contributed by atoms with van der Waals surface area (Å²) >= 11 is 0. The molecule has 0 aromatic rings. The molecular weight excluding hydrogens is 1030 g/mol. The first-order chi connectivity index (χ1) is 37.2. The Morgan fingerprint density at radius 3 is 1.28 bits per heavy atom. The second-order valence-corrected chi connectivity index (χ2v) is 18.8. The van der Waals surface area contributed by atoms with Crippen LogP contribution in [0.2, 0.25) is 0 Å². The molecule has 0 saturated carbocycles. The van der Waals surface area contributed by atoms with Crippen molar-refractivity contribution in [2.24, 2.45) is 0 Å². The van der Waals surface area contributed by atoms with Crippen LogP contribution in [-0.2, 0) is 67.0 Å². The molecule has 3 aliphatic rings. The van der Waals surface area contributed by atoms with Crippen LogP contribution in [0.1, 0.15) is 64.2 Å². The van der Waals surface area contributed by atoms with Gasteiger partial charge in [0.1, 0.15) is 25.3 Å². The molecule has 7 N–H and O–H groups in total. The molecule has 2 aliphatic heterocycles. The molecule has 0 bridgehead atoms. The normalized spacial score (nSPS) is 18.6. The first-order valence-electron chi connectivity index (χ1n) is 25.9. The molecule has 8 amide bonds. The van der Waals surface area contributed by atoms with E-state index in [9.17, 15) is 72.9 Å². The number of carboxylic acid groups (broad SMARTS) is 3. The number of carbonyl (C=O) groups is 12. The highest BCUT2D eigenvalue weighted by Gasteiger charge is 2.33. The first kappa shape index (κ1) is 65.3. The van der Waals surface area contributed by atoms with Crippen molar-refractivity contribution in [3.63, 3.8) is 0 Å². The van der Waals surface area contributed by atoms with E-state index in [1.807, 2.05) is 0 Å². The van der Waals surface area contributed by atoms with Crippen LogP contribution in [0, 0.1) is 0 Å². The molecule has 0 radical (unpaired) electrons. The molecule has 30 nitrogen and oxygen atoms in total. The van der Waals surface area contributed by atoms with Gasteiger partial charge in [0, 0.05) is 112 Å².